The lowest BCUT2D eigenvalue weighted by Crippen LogP contribution is -2.29. The molecule has 3 aliphatic carbocycles. The number of amides is 1. The maximum absolute atomic E-state index is 13.3. The van der Waals surface area contributed by atoms with E-state index in [9.17, 15) is 13.6 Å². The van der Waals surface area contributed by atoms with Gasteiger partial charge in [0.1, 0.15) is 5.76 Å². The van der Waals surface area contributed by atoms with E-state index in [-0.39, 0.29) is 31.1 Å². The Balaban J connectivity index is 1.49. The molecule has 3 aliphatic rings. The topological polar surface area (TPSA) is 56.8 Å². The fraction of sp³-hybridized carbons (Fsp3) is 0.690. The van der Waals surface area contributed by atoms with Gasteiger partial charge in [-0.3, -0.25) is 4.79 Å². The van der Waals surface area contributed by atoms with Crippen molar-refractivity contribution in [2.75, 3.05) is 20.3 Å². The van der Waals surface area contributed by atoms with E-state index in [4.69, 9.17) is 14.2 Å². The van der Waals surface area contributed by atoms with Crippen LogP contribution in [0.25, 0.3) is 0 Å². The molecule has 202 valence electrons. The third kappa shape index (κ3) is 8.46. The average Bonchev–Trinajstić information content (AvgIpc) is 3.48. The smallest absolute Gasteiger partial charge is 0.255 e. The molecule has 0 spiro atoms. The Kier molecular flexibility index (Phi) is 10.6. The summed E-state index contributed by atoms with van der Waals surface area (Å²) in [5.74, 6) is -1.48. The van der Waals surface area contributed by atoms with Gasteiger partial charge >= 0.3 is 0 Å². The molecule has 0 aromatic heterocycles. The lowest BCUT2D eigenvalue weighted by molar-refractivity contribution is -0.118. The Morgan fingerprint density at radius 3 is 2.47 bits per heavy atom. The number of hydrogen-bond acceptors (Lipinski definition) is 4. The Labute approximate surface area is 215 Å². The minimum Gasteiger partial charge on any atom is -0.494 e. The Morgan fingerprint density at radius 2 is 1.94 bits per heavy atom. The van der Waals surface area contributed by atoms with Gasteiger partial charge in [0, 0.05) is 26.3 Å². The predicted molar refractivity (Wildman–Crippen MR) is 137 cm³/mol. The van der Waals surface area contributed by atoms with Crippen molar-refractivity contribution in [2.45, 2.75) is 96.2 Å². The maximum atomic E-state index is 13.3. The minimum absolute atomic E-state index is 0.00610. The van der Waals surface area contributed by atoms with Gasteiger partial charge in [0.15, 0.2) is 5.76 Å². The van der Waals surface area contributed by atoms with Crippen LogP contribution in [-0.4, -0.2) is 44.3 Å². The van der Waals surface area contributed by atoms with Gasteiger partial charge in [-0.15, -0.1) is 0 Å². The lowest BCUT2D eigenvalue weighted by Gasteiger charge is -2.33. The molecule has 3 rings (SSSR count). The summed E-state index contributed by atoms with van der Waals surface area (Å²) in [6.07, 6.45) is 14.9. The highest BCUT2D eigenvalue weighted by Gasteiger charge is 2.57. The number of rotatable bonds is 13. The maximum Gasteiger partial charge on any atom is 0.255 e. The first-order chi connectivity index (χ1) is 17.2. The Bertz CT molecular complexity index is 855. The third-order valence-corrected chi connectivity index (χ3v) is 7.51. The third-order valence-electron chi connectivity index (χ3n) is 7.51. The first-order valence-corrected chi connectivity index (χ1v) is 13.4. The summed E-state index contributed by atoms with van der Waals surface area (Å²) in [5, 5.41) is 2.87. The van der Waals surface area contributed by atoms with Crippen LogP contribution in [0.3, 0.4) is 0 Å². The van der Waals surface area contributed by atoms with Gasteiger partial charge in [0.25, 0.3) is 5.92 Å². The summed E-state index contributed by atoms with van der Waals surface area (Å²) in [6.45, 7) is 8.03. The van der Waals surface area contributed by atoms with Crippen LogP contribution in [-0.2, 0) is 19.0 Å². The second-order valence-electron chi connectivity index (χ2n) is 10.4. The van der Waals surface area contributed by atoms with E-state index >= 15 is 0 Å². The zero-order valence-corrected chi connectivity index (χ0v) is 22.1. The highest BCUT2D eigenvalue weighted by Crippen LogP contribution is 2.49. The quantitative estimate of drug-likeness (QED) is 0.173. The second-order valence-corrected chi connectivity index (χ2v) is 10.4. The summed E-state index contributed by atoms with van der Waals surface area (Å²) >= 11 is 0. The van der Waals surface area contributed by atoms with E-state index in [0.717, 1.165) is 56.9 Å². The standard InChI is InChI=1S/C29H43F2NO4/c1-5-7-23(28(34-4)27(6-2)35-19-24-17-29(24,30)31)16-21-8-12-25(13-9-21)36-26-14-10-22(11-15-26)18-32-20(3)33/h5,7,10,21,24-26H,1,6,8-9,11-19H2,2-4H3,(H,32,33). The Morgan fingerprint density at radius 1 is 1.22 bits per heavy atom. The van der Waals surface area contributed by atoms with Gasteiger partial charge in [-0.2, -0.15) is 0 Å². The van der Waals surface area contributed by atoms with Gasteiger partial charge in [-0.1, -0.05) is 37.3 Å². The van der Waals surface area contributed by atoms with Crippen LogP contribution >= 0.6 is 0 Å². The van der Waals surface area contributed by atoms with Crippen molar-refractivity contribution in [3.8, 4) is 0 Å². The number of allylic oxidation sites excluding steroid dienone is 4. The number of alkyl halides is 2. The predicted octanol–water partition coefficient (Wildman–Crippen LogP) is 6.62. The summed E-state index contributed by atoms with van der Waals surface area (Å²) in [7, 11) is 1.61. The van der Waals surface area contributed by atoms with Gasteiger partial charge in [-0.05, 0) is 62.9 Å². The van der Waals surface area contributed by atoms with Crippen LogP contribution in [0.15, 0.2) is 47.5 Å². The molecule has 36 heavy (non-hydrogen) atoms. The molecule has 0 heterocycles. The summed E-state index contributed by atoms with van der Waals surface area (Å²) in [6, 6.07) is 0. The van der Waals surface area contributed by atoms with Crippen LogP contribution in [0.1, 0.15) is 78.1 Å². The number of hydrogen-bond donors (Lipinski definition) is 1. The SMILES string of the molecule is C=CC=C(CC1CCC(OC2CC=C(CNC(C)=O)CC2)CC1)C(OC)=C(CC)OCC1CC1(F)F. The van der Waals surface area contributed by atoms with Gasteiger partial charge in [0.05, 0.1) is 31.8 Å². The van der Waals surface area contributed by atoms with E-state index < -0.39 is 11.8 Å². The fourth-order valence-electron chi connectivity index (χ4n) is 5.22. The van der Waals surface area contributed by atoms with E-state index in [1.165, 1.54) is 5.57 Å². The molecule has 7 heteroatoms. The van der Waals surface area contributed by atoms with Crippen molar-refractivity contribution < 1.29 is 27.8 Å². The van der Waals surface area contributed by atoms with Crippen molar-refractivity contribution in [3.05, 3.63) is 47.5 Å². The van der Waals surface area contributed by atoms with Crippen LogP contribution in [0.5, 0.6) is 0 Å². The number of methoxy groups -OCH3 is 1. The molecule has 5 nitrogen and oxygen atoms in total. The van der Waals surface area contributed by atoms with Crippen LogP contribution in [0, 0.1) is 11.8 Å². The van der Waals surface area contributed by atoms with E-state index in [1.807, 2.05) is 13.0 Å². The molecule has 0 radical (unpaired) electrons. The highest BCUT2D eigenvalue weighted by atomic mass is 19.3. The Hall–Kier alpha value is -2.15. The van der Waals surface area contributed by atoms with E-state index in [2.05, 4.69) is 18.0 Å². The first-order valence-electron chi connectivity index (χ1n) is 13.4. The monoisotopic (exact) mass is 507 g/mol. The summed E-state index contributed by atoms with van der Waals surface area (Å²) < 4.78 is 44.6. The van der Waals surface area contributed by atoms with E-state index in [0.29, 0.717) is 30.4 Å². The number of nitrogens with one attached hydrogen (secondary N) is 1. The van der Waals surface area contributed by atoms with Gasteiger partial charge < -0.3 is 19.5 Å². The average molecular weight is 508 g/mol. The van der Waals surface area contributed by atoms with Crippen molar-refractivity contribution in [1.29, 1.82) is 0 Å². The summed E-state index contributed by atoms with van der Waals surface area (Å²) in [5.41, 5.74) is 2.30. The zero-order valence-electron chi connectivity index (χ0n) is 22.1. The molecular weight excluding hydrogens is 464 g/mol. The van der Waals surface area contributed by atoms with Gasteiger partial charge in [0.2, 0.25) is 5.91 Å². The van der Waals surface area contributed by atoms with Crippen LogP contribution in [0.4, 0.5) is 8.78 Å². The second kappa shape index (κ2) is 13.4. The minimum atomic E-state index is -2.59. The fourth-order valence-corrected chi connectivity index (χ4v) is 5.22. The zero-order chi connectivity index (χ0) is 26.1. The molecular formula is C29H43F2NO4. The number of carbonyl (C=O) groups excluding carboxylic acids is 1. The molecule has 0 aromatic carbocycles. The molecule has 1 amide bonds. The molecule has 2 fully saturated rings. The molecule has 0 aromatic rings. The molecule has 2 saturated carbocycles. The van der Waals surface area contributed by atoms with Crippen molar-refractivity contribution >= 4 is 5.91 Å². The molecule has 0 aliphatic heterocycles. The molecule has 2 atom stereocenters. The normalized spacial score (nSPS) is 28.5. The molecule has 0 saturated heterocycles. The van der Waals surface area contributed by atoms with Crippen LogP contribution in [0.2, 0.25) is 0 Å². The first kappa shape index (κ1) is 28.4. The number of carbonyl (C=O) groups is 1. The van der Waals surface area contributed by atoms with Crippen molar-refractivity contribution in [3.63, 3.8) is 0 Å². The summed E-state index contributed by atoms with van der Waals surface area (Å²) in [4.78, 5) is 11.1. The highest BCUT2D eigenvalue weighted by molar-refractivity contribution is 5.73. The molecule has 2 unspecified atom stereocenters. The molecule has 0 bridgehead atoms. The number of halogens is 2. The van der Waals surface area contributed by atoms with Crippen molar-refractivity contribution in [2.24, 2.45) is 11.8 Å². The van der Waals surface area contributed by atoms with E-state index in [1.54, 1.807) is 20.1 Å². The largest absolute Gasteiger partial charge is 0.494 e. The van der Waals surface area contributed by atoms with Crippen LogP contribution < -0.4 is 5.32 Å². The van der Waals surface area contributed by atoms with Gasteiger partial charge in [-0.25, -0.2) is 8.78 Å². The lowest BCUT2D eigenvalue weighted by atomic mass is 9.82. The van der Waals surface area contributed by atoms with Crippen molar-refractivity contribution in [1.82, 2.24) is 5.32 Å². The number of ether oxygens (including phenoxy) is 3. The molecule has 1 N–H and O–H groups in total.